The number of benzene rings is 2. The fourth-order valence-corrected chi connectivity index (χ4v) is 3.91. The van der Waals surface area contributed by atoms with Crippen LogP contribution in [-0.4, -0.2) is 23.4 Å². The molecule has 3 aromatic rings. The van der Waals surface area contributed by atoms with Crippen molar-refractivity contribution in [2.45, 2.75) is 39.5 Å². The quantitative estimate of drug-likeness (QED) is 0.723. The topological polar surface area (TPSA) is 39.1 Å². The highest BCUT2D eigenvalue weighted by atomic mass is 16.5. The molecule has 1 aliphatic heterocycles. The minimum absolute atomic E-state index is 0.819. The zero-order valence-corrected chi connectivity index (χ0v) is 16.4. The Labute approximate surface area is 161 Å². The van der Waals surface area contributed by atoms with Crippen molar-refractivity contribution in [1.82, 2.24) is 9.78 Å². The first-order valence-corrected chi connectivity index (χ1v) is 9.71. The lowest BCUT2D eigenvalue weighted by Crippen LogP contribution is -2.08. The molecule has 4 rings (SSSR count). The number of nitrogens with zero attached hydrogens (tertiary/aromatic N) is 2. The predicted molar refractivity (Wildman–Crippen MR) is 110 cm³/mol. The third-order valence-corrected chi connectivity index (χ3v) is 5.30. The van der Waals surface area contributed by atoms with E-state index in [-0.39, 0.29) is 0 Å². The molecule has 0 aliphatic carbocycles. The molecule has 0 saturated heterocycles. The van der Waals surface area contributed by atoms with Crippen LogP contribution in [0.15, 0.2) is 42.5 Å². The maximum absolute atomic E-state index is 5.39. The highest BCUT2D eigenvalue weighted by Gasteiger charge is 2.21. The summed E-state index contributed by atoms with van der Waals surface area (Å²) in [6.45, 7) is 5.30. The second-order valence-corrected chi connectivity index (χ2v) is 7.39. The summed E-state index contributed by atoms with van der Waals surface area (Å²) in [5, 5.41) is 8.70. The molecule has 140 valence electrons. The van der Waals surface area contributed by atoms with Gasteiger partial charge in [-0.3, -0.25) is 0 Å². The molecule has 0 bridgehead atoms. The summed E-state index contributed by atoms with van der Waals surface area (Å²) in [6.07, 6.45) is 4.29. The van der Waals surface area contributed by atoms with E-state index < -0.39 is 0 Å². The number of aryl methyl sites for hydroxylation is 2. The van der Waals surface area contributed by atoms with E-state index in [2.05, 4.69) is 54.2 Å². The van der Waals surface area contributed by atoms with Crippen LogP contribution < -0.4 is 10.1 Å². The standard InChI is InChI=1S/C23H27N3O/c1-16-10-11-22(17(2)13-16)26-23-20(9-4-5-12-24-23)21(25-26)15-18-7-6-8-19(14-18)27-3/h6-8,10-11,13-14,24H,4-5,9,12,15H2,1-3H3. The van der Waals surface area contributed by atoms with Crippen molar-refractivity contribution < 1.29 is 4.74 Å². The summed E-state index contributed by atoms with van der Waals surface area (Å²) in [7, 11) is 1.71. The fourth-order valence-electron chi connectivity index (χ4n) is 3.91. The van der Waals surface area contributed by atoms with Gasteiger partial charge in [-0.2, -0.15) is 5.10 Å². The molecule has 0 atom stereocenters. The molecular formula is C23H27N3O. The molecular weight excluding hydrogens is 334 g/mol. The van der Waals surface area contributed by atoms with Gasteiger partial charge in [-0.15, -0.1) is 0 Å². The van der Waals surface area contributed by atoms with Crippen molar-refractivity contribution in [3.8, 4) is 11.4 Å². The van der Waals surface area contributed by atoms with E-state index in [9.17, 15) is 0 Å². The number of ether oxygens (including phenoxy) is 1. The van der Waals surface area contributed by atoms with Gasteiger partial charge >= 0.3 is 0 Å². The number of methoxy groups -OCH3 is 1. The average Bonchev–Trinajstić information content (AvgIpc) is 2.83. The van der Waals surface area contributed by atoms with Crippen LogP contribution >= 0.6 is 0 Å². The van der Waals surface area contributed by atoms with Crippen LogP contribution in [0.25, 0.3) is 5.69 Å². The molecule has 0 radical (unpaired) electrons. The monoisotopic (exact) mass is 361 g/mol. The molecule has 1 aromatic heterocycles. The third kappa shape index (κ3) is 3.57. The van der Waals surface area contributed by atoms with Crippen molar-refractivity contribution in [2.24, 2.45) is 0 Å². The molecule has 2 aromatic carbocycles. The fraction of sp³-hybridized carbons (Fsp3) is 0.348. The van der Waals surface area contributed by atoms with Crippen molar-refractivity contribution in [3.63, 3.8) is 0 Å². The summed E-state index contributed by atoms with van der Waals surface area (Å²) < 4.78 is 7.50. The van der Waals surface area contributed by atoms with Crippen LogP contribution in [0.2, 0.25) is 0 Å². The summed E-state index contributed by atoms with van der Waals surface area (Å²) >= 11 is 0. The molecule has 0 fully saturated rings. The van der Waals surface area contributed by atoms with Gasteiger partial charge in [0.25, 0.3) is 0 Å². The first-order chi connectivity index (χ1) is 13.2. The zero-order valence-electron chi connectivity index (χ0n) is 16.4. The van der Waals surface area contributed by atoms with Gasteiger partial charge < -0.3 is 10.1 Å². The van der Waals surface area contributed by atoms with E-state index in [0.717, 1.165) is 42.3 Å². The smallest absolute Gasteiger partial charge is 0.133 e. The van der Waals surface area contributed by atoms with Gasteiger partial charge in [-0.05, 0) is 62.4 Å². The first-order valence-electron chi connectivity index (χ1n) is 9.71. The Morgan fingerprint density at radius 2 is 2.00 bits per heavy atom. The molecule has 27 heavy (non-hydrogen) atoms. The summed E-state index contributed by atoms with van der Waals surface area (Å²) in [6, 6.07) is 14.9. The Morgan fingerprint density at radius 3 is 2.81 bits per heavy atom. The maximum atomic E-state index is 5.39. The van der Waals surface area contributed by atoms with Crippen LogP contribution in [0.5, 0.6) is 5.75 Å². The number of rotatable bonds is 4. The highest BCUT2D eigenvalue weighted by molar-refractivity contribution is 5.57. The third-order valence-electron chi connectivity index (χ3n) is 5.30. The Hall–Kier alpha value is -2.75. The van der Waals surface area contributed by atoms with Gasteiger partial charge in [-0.25, -0.2) is 4.68 Å². The highest BCUT2D eigenvalue weighted by Crippen LogP contribution is 2.31. The normalized spacial score (nSPS) is 13.6. The molecule has 1 aliphatic rings. The van der Waals surface area contributed by atoms with Gasteiger partial charge in [0, 0.05) is 18.5 Å². The lowest BCUT2D eigenvalue weighted by Gasteiger charge is -2.12. The lowest BCUT2D eigenvalue weighted by atomic mass is 10.0. The zero-order chi connectivity index (χ0) is 18.8. The lowest BCUT2D eigenvalue weighted by molar-refractivity contribution is 0.414. The van der Waals surface area contributed by atoms with Gasteiger partial charge in [0.15, 0.2) is 0 Å². The van der Waals surface area contributed by atoms with E-state index in [1.807, 2.05) is 12.1 Å². The molecule has 1 N–H and O–H groups in total. The minimum atomic E-state index is 0.819. The number of aromatic nitrogens is 2. The Kier molecular flexibility index (Phi) is 4.88. The van der Waals surface area contributed by atoms with E-state index in [0.29, 0.717) is 0 Å². The largest absolute Gasteiger partial charge is 0.497 e. The average molecular weight is 361 g/mol. The second kappa shape index (κ2) is 7.47. The van der Waals surface area contributed by atoms with Gasteiger partial charge in [0.1, 0.15) is 11.6 Å². The molecule has 0 amide bonds. The molecule has 0 saturated carbocycles. The van der Waals surface area contributed by atoms with Crippen LogP contribution in [0.1, 0.15) is 40.8 Å². The molecule has 4 nitrogen and oxygen atoms in total. The molecule has 0 spiro atoms. The summed E-state index contributed by atoms with van der Waals surface area (Å²) in [4.78, 5) is 0. The van der Waals surface area contributed by atoms with Gasteiger partial charge in [-0.1, -0.05) is 29.8 Å². The van der Waals surface area contributed by atoms with Crippen molar-refractivity contribution in [1.29, 1.82) is 0 Å². The van der Waals surface area contributed by atoms with Crippen molar-refractivity contribution >= 4 is 5.82 Å². The van der Waals surface area contributed by atoms with Crippen LogP contribution in [-0.2, 0) is 12.8 Å². The Morgan fingerprint density at radius 1 is 1.11 bits per heavy atom. The van der Waals surface area contributed by atoms with Crippen LogP contribution in [0.3, 0.4) is 0 Å². The first kappa shape index (κ1) is 17.7. The van der Waals surface area contributed by atoms with Crippen molar-refractivity contribution in [2.75, 3.05) is 19.0 Å². The van der Waals surface area contributed by atoms with E-state index in [1.165, 1.54) is 35.1 Å². The minimum Gasteiger partial charge on any atom is -0.497 e. The molecule has 2 heterocycles. The molecule has 0 unspecified atom stereocenters. The van der Waals surface area contributed by atoms with Gasteiger partial charge in [0.2, 0.25) is 0 Å². The van der Waals surface area contributed by atoms with Crippen LogP contribution in [0, 0.1) is 13.8 Å². The summed E-state index contributed by atoms with van der Waals surface area (Å²) in [5.41, 5.74) is 7.43. The van der Waals surface area contributed by atoms with E-state index in [1.54, 1.807) is 7.11 Å². The number of fused-ring (bicyclic) bond motifs is 1. The molecule has 4 heteroatoms. The predicted octanol–water partition coefficient (Wildman–Crippen LogP) is 4.84. The Bertz CT molecular complexity index is 958. The second-order valence-electron chi connectivity index (χ2n) is 7.39. The Balaban J connectivity index is 1.79. The number of nitrogens with one attached hydrogen (secondary N) is 1. The van der Waals surface area contributed by atoms with Crippen LogP contribution in [0.4, 0.5) is 5.82 Å². The number of hydrogen-bond donors (Lipinski definition) is 1. The maximum Gasteiger partial charge on any atom is 0.133 e. The van der Waals surface area contributed by atoms with Crippen molar-refractivity contribution in [3.05, 3.63) is 70.4 Å². The SMILES string of the molecule is COc1cccc(Cc2nn(-c3ccc(C)cc3C)c3c2CCCCN3)c1. The number of hydrogen-bond acceptors (Lipinski definition) is 3. The van der Waals surface area contributed by atoms with E-state index >= 15 is 0 Å². The summed E-state index contributed by atoms with van der Waals surface area (Å²) in [5.74, 6) is 2.06. The van der Waals surface area contributed by atoms with Gasteiger partial charge in [0.05, 0.1) is 18.5 Å². The number of anilines is 1. The van der Waals surface area contributed by atoms with E-state index in [4.69, 9.17) is 9.84 Å².